The normalized spacial score (nSPS) is 16.3. The largest absolute Gasteiger partial charge is 0.469 e. The molecule has 8 heteroatoms. The summed E-state index contributed by atoms with van der Waals surface area (Å²) in [5.74, 6) is 4.70. The molecule has 1 aliphatic heterocycles. The number of guanidine groups is 1. The lowest BCUT2D eigenvalue weighted by atomic mass is 10.1. The molecule has 3 aromatic rings. The van der Waals surface area contributed by atoms with E-state index in [1.807, 2.05) is 41.6 Å². The van der Waals surface area contributed by atoms with E-state index in [0.29, 0.717) is 6.54 Å². The van der Waals surface area contributed by atoms with Crippen molar-refractivity contribution in [2.45, 2.75) is 43.7 Å². The lowest BCUT2D eigenvalue weighted by Gasteiger charge is -2.25. The van der Waals surface area contributed by atoms with Crippen LogP contribution in [0.5, 0.6) is 0 Å². The van der Waals surface area contributed by atoms with E-state index in [4.69, 9.17) is 9.41 Å². The van der Waals surface area contributed by atoms with Crippen molar-refractivity contribution < 1.29 is 4.42 Å². The Morgan fingerprint density at radius 2 is 2.17 bits per heavy atom. The van der Waals surface area contributed by atoms with Crippen LogP contribution < -0.4 is 10.6 Å². The number of rotatable bonds is 8. The van der Waals surface area contributed by atoms with Gasteiger partial charge in [-0.1, -0.05) is 18.2 Å². The van der Waals surface area contributed by atoms with Crippen molar-refractivity contribution in [2.24, 2.45) is 4.99 Å². The van der Waals surface area contributed by atoms with Crippen LogP contribution in [0.15, 0.2) is 63.0 Å². The molecule has 1 aromatic carbocycles. The monoisotopic (exact) mass is 424 g/mol. The molecular formula is C22H28N6OS. The minimum Gasteiger partial charge on any atom is -0.469 e. The Morgan fingerprint density at radius 1 is 1.27 bits per heavy atom. The number of aryl methyl sites for hydroxylation is 2. The molecule has 0 saturated carbocycles. The second kappa shape index (κ2) is 10.3. The first-order valence-electron chi connectivity index (χ1n) is 10.4. The number of benzene rings is 1. The number of thioether (sulfide) groups is 1. The van der Waals surface area contributed by atoms with Crippen LogP contribution in [0.1, 0.15) is 23.8 Å². The van der Waals surface area contributed by atoms with E-state index in [-0.39, 0.29) is 6.04 Å². The van der Waals surface area contributed by atoms with Gasteiger partial charge in [0.1, 0.15) is 17.4 Å². The molecule has 158 valence electrons. The molecule has 0 aliphatic carbocycles. The van der Waals surface area contributed by atoms with Gasteiger partial charge in [-0.25, -0.2) is 9.67 Å². The minimum absolute atomic E-state index is 0.287. The second-order valence-electron chi connectivity index (χ2n) is 7.29. The molecule has 7 nitrogen and oxygen atoms in total. The standard InChI is InChI=1S/C22H28N6OS/c1-17-25-21-10-9-18(16-28(21)27-17)26-22(23-12-11-19-6-5-14-29-19)24-13-15-30-20-7-3-2-4-8-20/h2-8,14,18H,9-13,15-16H2,1H3,(H2,23,24,26). The van der Waals surface area contributed by atoms with Gasteiger partial charge in [0.15, 0.2) is 5.96 Å². The third-order valence-electron chi connectivity index (χ3n) is 4.92. The van der Waals surface area contributed by atoms with Crippen LogP contribution in [0.3, 0.4) is 0 Å². The van der Waals surface area contributed by atoms with Crippen LogP contribution in [0, 0.1) is 6.92 Å². The molecule has 0 saturated heterocycles. The van der Waals surface area contributed by atoms with Gasteiger partial charge in [0, 0.05) is 42.6 Å². The first-order chi connectivity index (χ1) is 14.8. The maximum Gasteiger partial charge on any atom is 0.191 e. The summed E-state index contributed by atoms with van der Waals surface area (Å²) in [6, 6.07) is 14.7. The molecule has 2 aromatic heterocycles. The number of aromatic nitrogens is 3. The summed E-state index contributed by atoms with van der Waals surface area (Å²) < 4.78 is 7.44. The molecule has 0 spiro atoms. The molecule has 3 heterocycles. The number of fused-ring (bicyclic) bond motifs is 1. The second-order valence-corrected chi connectivity index (χ2v) is 8.45. The van der Waals surface area contributed by atoms with Crippen LogP contribution in [0.25, 0.3) is 0 Å². The number of hydrogen-bond donors (Lipinski definition) is 2. The van der Waals surface area contributed by atoms with Crippen molar-refractivity contribution >= 4 is 17.7 Å². The fourth-order valence-electron chi connectivity index (χ4n) is 3.49. The maximum absolute atomic E-state index is 5.42. The van der Waals surface area contributed by atoms with Gasteiger partial charge in [-0.15, -0.1) is 11.8 Å². The molecular weight excluding hydrogens is 396 g/mol. The van der Waals surface area contributed by atoms with E-state index >= 15 is 0 Å². The van der Waals surface area contributed by atoms with Crippen LogP contribution in [0.4, 0.5) is 0 Å². The van der Waals surface area contributed by atoms with E-state index in [0.717, 1.165) is 61.5 Å². The summed E-state index contributed by atoms with van der Waals surface area (Å²) >= 11 is 1.84. The highest BCUT2D eigenvalue weighted by Crippen LogP contribution is 2.16. The highest BCUT2D eigenvalue weighted by Gasteiger charge is 2.21. The Morgan fingerprint density at radius 3 is 3.00 bits per heavy atom. The van der Waals surface area contributed by atoms with Gasteiger partial charge in [-0.3, -0.25) is 4.99 Å². The Balaban J connectivity index is 1.31. The van der Waals surface area contributed by atoms with Crippen molar-refractivity contribution in [3.8, 4) is 0 Å². The predicted octanol–water partition coefficient (Wildman–Crippen LogP) is 3.06. The summed E-state index contributed by atoms with van der Waals surface area (Å²) in [5, 5.41) is 11.6. The van der Waals surface area contributed by atoms with Crippen LogP contribution in [-0.4, -0.2) is 45.6 Å². The van der Waals surface area contributed by atoms with Crippen LogP contribution >= 0.6 is 11.8 Å². The van der Waals surface area contributed by atoms with Gasteiger partial charge < -0.3 is 15.1 Å². The van der Waals surface area contributed by atoms with E-state index in [9.17, 15) is 0 Å². The van der Waals surface area contributed by atoms with E-state index in [2.05, 4.69) is 45.0 Å². The topological polar surface area (TPSA) is 80.3 Å². The van der Waals surface area contributed by atoms with Gasteiger partial charge in [-0.2, -0.15) is 5.10 Å². The molecule has 0 fully saturated rings. The molecule has 4 rings (SSSR count). The smallest absolute Gasteiger partial charge is 0.191 e. The van der Waals surface area contributed by atoms with Gasteiger partial charge in [0.25, 0.3) is 0 Å². The van der Waals surface area contributed by atoms with Gasteiger partial charge in [0.05, 0.1) is 12.8 Å². The van der Waals surface area contributed by atoms with E-state index in [1.165, 1.54) is 4.90 Å². The Bertz CT molecular complexity index is 938. The zero-order valence-corrected chi connectivity index (χ0v) is 18.1. The first-order valence-corrected chi connectivity index (χ1v) is 11.4. The van der Waals surface area contributed by atoms with Gasteiger partial charge in [0.2, 0.25) is 0 Å². The maximum atomic E-state index is 5.42. The summed E-state index contributed by atoms with van der Waals surface area (Å²) in [7, 11) is 0. The number of furan rings is 1. The summed E-state index contributed by atoms with van der Waals surface area (Å²) in [6.45, 7) is 4.27. The zero-order valence-electron chi connectivity index (χ0n) is 17.3. The predicted molar refractivity (Wildman–Crippen MR) is 120 cm³/mol. The summed E-state index contributed by atoms with van der Waals surface area (Å²) in [6.07, 6.45) is 4.45. The molecule has 30 heavy (non-hydrogen) atoms. The zero-order chi connectivity index (χ0) is 20.6. The molecule has 1 aliphatic rings. The summed E-state index contributed by atoms with van der Waals surface area (Å²) in [4.78, 5) is 10.6. The van der Waals surface area contributed by atoms with Crippen molar-refractivity contribution in [3.63, 3.8) is 0 Å². The molecule has 0 bridgehead atoms. The van der Waals surface area contributed by atoms with Gasteiger partial charge in [-0.05, 0) is 37.6 Å². The molecule has 2 N–H and O–H groups in total. The average molecular weight is 425 g/mol. The van der Waals surface area contributed by atoms with Crippen molar-refractivity contribution in [3.05, 3.63) is 66.1 Å². The average Bonchev–Trinajstić information content (AvgIpc) is 3.40. The SMILES string of the molecule is Cc1nc2n(n1)CC(NC(=NCCc1ccco1)NCCSc1ccccc1)CC2. The number of aliphatic imine (C=N–C) groups is 1. The minimum atomic E-state index is 0.287. The fraction of sp³-hybridized carbons (Fsp3) is 0.409. The Labute approximate surface area is 181 Å². The Hall–Kier alpha value is -2.74. The van der Waals surface area contributed by atoms with E-state index in [1.54, 1.807) is 6.26 Å². The van der Waals surface area contributed by atoms with Crippen LogP contribution in [0.2, 0.25) is 0 Å². The third-order valence-corrected chi connectivity index (χ3v) is 5.93. The fourth-order valence-corrected chi connectivity index (χ4v) is 4.27. The van der Waals surface area contributed by atoms with E-state index < -0.39 is 0 Å². The number of nitrogens with zero attached hydrogens (tertiary/aromatic N) is 4. The molecule has 1 atom stereocenters. The molecule has 0 amide bonds. The number of hydrogen-bond acceptors (Lipinski definition) is 5. The third kappa shape index (κ3) is 5.89. The van der Waals surface area contributed by atoms with Crippen molar-refractivity contribution in [1.82, 2.24) is 25.4 Å². The quantitative estimate of drug-likeness (QED) is 0.250. The first kappa shape index (κ1) is 20.5. The summed E-state index contributed by atoms with van der Waals surface area (Å²) in [5.41, 5.74) is 0. The van der Waals surface area contributed by atoms with Crippen LogP contribution in [-0.2, 0) is 19.4 Å². The van der Waals surface area contributed by atoms with Crippen molar-refractivity contribution in [1.29, 1.82) is 0 Å². The lowest BCUT2D eigenvalue weighted by Crippen LogP contribution is -2.47. The highest BCUT2D eigenvalue weighted by atomic mass is 32.2. The molecule has 1 unspecified atom stereocenters. The molecule has 0 radical (unpaired) electrons. The highest BCUT2D eigenvalue weighted by molar-refractivity contribution is 7.99. The van der Waals surface area contributed by atoms with Crippen molar-refractivity contribution in [2.75, 3.05) is 18.8 Å². The van der Waals surface area contributed by atoms with Gasteiger partial charge >= 0.3 is 0 Å². The number of nitrogens with one attached hydrogen (secondary N) is 2. The Kier molecular flexibility index (Phi) is 7.07. The lowest BCUT2D eigenvalue weighted by molar-refractivity contribution is 0.392.